The molecule has 4 heterocycles. The molecule has 36 heavy (non-hydrogen) atoms. The number of allylic oxidation sites excluding steroid dienone is 3. The number of hydrogen-bond donors (Lipinski definition) is 1. The Morgan fingerprint density at radius 2 is 1.94 bits per heavy atom. The smallest absolute Gasteiger partial charge is 0.410 e. The van der Waals surface area contributed by atoms with Gasteiger partial charge in [-0.3, -0.25) is 4.98 Å². The van der Waals surface area contributed by atoms with Crippen molar-refractivity contribution in [3.8, 4) is 0 Å². The molecular formula is C27H35N5O4. The molecule has 0 saturated carbocycles. The second kappa shape index (κ2) is 11.0. The van der Waals surface area contributed by atoms with Crippen LogP contribution in [0.5, 0.6) is 0 Å². The topological polar surface area (TPSA) is 96.9 Å². The number of methoxy groups -OCH3 is 1. The number of rotatable bonds is 4. The van der Waals surface area contributed by atoms with Gasteiger partial charge in [-0.25, -0.2) is 14.6 Å². The number of aromatic nitrogens is 2. The largest absolute Gasteiger partial charge is 0.465 e. The van der Waals surface area contributed by atoms with E-state index >= 15 is 0 Å². The van der Waals surface area contributed by atoms with Crippen molar-refractivity contribution in [1.29, 1.82) is 0 Å². The average Bonchev–Trinajstić information content (AvgIpc) is 2.83. The third kappa shape index (κ3) is 6.33. The number of anilines is 1. The maximum Gasteiger partial charge on any atom is 0.410 e. The molecule has 0 aromatic carbocycles. The standard InChI is InChI=1S/C27H35N5O4/c1-27(2,3)36-26(34)31-13-8-9-20(18-31)29-24-17-28-16-22(30-24)23-11-7-5-6-10-21-15-19(25(33)35-4)12-14-32(21)23/h10-12,14-17,20H,5-9,13,18H2,1-4H3,(H,29,30). The van der Waals surface area contributed by atoms with Crippen molar-refractivity contribution in [1.82, 2.24) is 19.8 Å². The first-order valence-corrected chi connectivity index (χ1v) is 12.5. The lowest BCUT2D eigenvalue weighted by Gasteiger charge is -2.34. The highest BCUT2D eigenvalue weighted by molar-refractivity contribution is 5.92. The van der Waals surface area contributed by atoms with Crippen molar-refractivity contribution in [3.05, 3.63) is 59.9 Å². The molecule has 0 aliphatic carbocycles. The van der Waals surface area contributed by atoms with Crippen LogP contribution in [0.1, 0.15) is 58.6 Å². The van der Waals surface area contributed by atoms with Crippen LogP contribution >= 0.6 is 0 Å². The molecule has 192 valence electrons. The minimum absolute atomic E-state index is 0.0537. The second-order valence-electron chi connectivity index (χ2n) is 10.1. The average molecular weight is 494 g/mol. The fourth-order valence-corrected chi connectivity index (χ4v) is 4.43. The quantitative estimate of drug-likeness (QED) is 0.607. The van der Waals surface area contributed by atoms with Crippen molar-refractivity contribution in [2.45, 2.75) is 64.5 Å². The molecule has 1 aromatic heterocycles. The Labute approximate surface area is 212 Å². The molecule has 1 amide bonds. The van der Waals surface area contributed by atoms with E-state index in [0.717, 1.165) is 49.2 Å². The Hall–Kier alpha value is -3.62. The molecule has 0 spiro atoms. The number of hydrogen-bond acceptors (Lipinski definition) is 8. The van der Waals surface area contributed by atoms with E-state index in [2.05, 4.69) is 22.5 Å². The molecular weight excluding hydrogens is 458 g/mol. The van der Waals surface area contributed by atoms with Crippen molar-refractivity contribution >= 4 is 23.6 Å². The van der Waals surface area contributed by atoms with Gasteiger partial charge < -0.3 is 24.6 Å². The predicted octanol–water partition coefficient (Wildman–Crippen LogP) is 4.63. The van der Waals surface area contributed by atoms with Crippen LogP contribution in [-0.4, -0.2) is 63.7 Å². The monoisotopic (exact) mass is 493 g/mol. The van der Waals surface area contributed by atoms with Crippen LogP contribution in [0, 0.1) is 0 Å². The second-order valence-corrected chi connectivity index (χ2v) is 10.1. The van der Waals surface area contributed by atoms with Gasteiger partial charge in [0, 0.05) is 31.0 Å². The summed E-state index contributed by atoms with van der Waals surface area (Å²) in [6, 6.07) is 0.0537. The number of likely N-dealkylation sites (tertiary alicyclic amines) is 1. The Kier molecular flexibility index (Phi) is 7.76. The molecule has 1 fully saturated rings. The number of piperidine rings is 1. The maximum absolute atomic E-state index is 12.5. The van der Waals surface area contributed by atoms with E-state index in [0.29, 0.717) is 24.5 Å². The lowest BCUT2D eigenvalue weighted by molar-refractivity contribution is -0.135. The molecule has 3 aliphatic heterocycles. The Balaban J connectivity index is 1.50. The zero-order valence-electron chi connectivity index (χ0n) is 21.5. The Morgan fingerprint density at radius 1 is 1.14 bits per heavy atom. The van der Waals surface area contributed by atoms with Crippen LogP contribution in [0.15, 0.2) is 54.2 Å². The van der Waals surface area contributed by atoms with E-state index in [-0.39, 0.29) is 18.1 Å². The van der Waals surface area contributed by atoms with Gasteiger partial charge in [-0.1, -0.05) is 12.2 Å². The summed E-state index contributed by atoms with van der Waals surface area (Å²) in [5, 5.41) is 3.46. The molecule has 3 aliphatic rings. The number of fused-ring (bicyclic) bond motifs is 1. The highest BCUT2D eigenvalue weighted by Crippen LogP contribution is 2.31. The number of nitrogens with one attached hydrogen (secondary N) is 1. The van der Waals surface area contributed by atoms with E-state index in [1.807, 2.05) is 37.9 Å². The van der Waals surface area contributed by atoms with Crippen LogP contribution in [0.3, 0.4) is 0 Å². The highest BCUT2D eigenvalue weighted by Gasteiger charge is 2.28. The first-order chi connectivity index (χ1) is 17.2. The maximum atomic E-state index is 12.5. The predicted molar refractivity (Wildman–Crippen MR) is 137 cm³/mol. The Morgan fingerprint density at radius 3 is 2.72 bits per heavy atom. The summed E-state index contributed by atoms with van der Waals surface area (Å²) in [6.45, 7) is 6.86. The summed E-state index contributed by atoms with van der Waals surface area (Å²) < 4.78 is 10.4. The number of carbonyl (C=O) groups is 2. The number of esters is 1. The van der Waals surface area contributed by atoms with Crippen LogP contribution in [-0.2, 0) is 14.3 Å². The van der Waals surface area contributed by atoms with E-state index in [1.165, 1.54) is 7.11 Å². The Bertz CT molecular complexity index is 1120. The van der Waals surface area contributed by atoms with Crippen LogP contribution in [0.25, 0.3) is 5.70 Å². The molecule has 1 unspecified atom stereocenters. The van der Waals surface area contributed by atoms with Crippen LogP contribution < -0.4 is 5.32 Å². The summed E-state index contributed by atoms with van der Waals surface area (Å²) in [7, 11) is 1.38. The van der Waals surface area contributed by atoms with Gasteiger partial charge in [0.25, 0.3) is 0 Å². The van der Waals surface area contributed by atoms with Gasteiger partial charge in [-0.05, 0) is 65.0 Å². The van der Waals surface area contributed by atoms with Gasteiger partial charge in [0.2, 0.25) is 0 Å². The van der Waals surface area contributed by atoms with Crippen molar-refractivity contribution in [2.24, 2.45) is 0 Å². The first kappa shape index (κ1) is 25.5. The number of carbonyl (C=O) groups excluding carboxylic acids is 2. The number of nitrogens with zero attached hydrogens (tertiary/aromatic N) is 4. The minimum Gasteiger partial charge on any atom is -0.465 e. The molecule has 0 bridgehead atoms. The fraction of sp³-hybridized carbons (Fsp3) is 0.481. The summed E-state index contributed by atoms with van der Waals surface area (Å²) in [6.07, 6.45) is 17.6. The molecule has 1 N–H and O–H groups in total. The SMILES string of the molecule is COC(=O)C1=CC2=CCCCC=C(c3cncc(NC4CCCN(C(=O)OC(C)(C)C)C4)n3)N2C=C1. The third-order valence-electron chi connectivity index (χ3n) is 6.09. The van der Waals surface area contributed by atoms with E-state index in [9.17, 15) is 9.59 Å². The summed E-state index contributed by atoms with van der Waals surface area (Å²) in [5.74, 6) is 0.294. The number of amides is 1. The van der Waals surface area contributed by atoms with Gasteiger partial charge >= 0.3 is 12.1 Å². The van der Waals surface area contributed by atoms with Gasteiger partial charge in [-0.2, -0.15) is 0 Å². The highest BCUT2D eigenvalue weighted by atomic mass is 16.6. The number of ether oxygens (including phenoxy) is 2. The van der Waals surface area contributed by atoms with Crippen LogP contribution in [0.2, 0.25) is 0 Å². The first-order valence-electron chi connectivity index (χ1n) is 12.5. The summed E-state index contributed by atoms with van der Waals surface area (Å²) in [5.41, 5.74) is 2.53. The van der Waals surface area contributed by atoms with E-state index in [1.54, 1.807) is 23.4 Å². The third-order valence-corrected chi connectivity index (χ3v) is 6.09. The van der Waals surface area contributed by atoms with Crippen molar-refractivity contribution in [2.75, 3.05) is 25.5 Å². The lowest BCUT2D eigenvalue weighted by Crippen LogP contribution is -2.47. The summed E-state index contributed by atoms with van der Waals surface area (Å²) in [4.78, 5) is 37.7. The zero-order chi connectivity index (χ0) is 25.7. The van der Waals surface area contributed by atoms with Gasteiger partial charge in [0.15, 0.2) is 0 Å². The van der Waals surface area contributed by atoms with E-state index in [4.69, 9.17) is 14.5 Å². The van der Waals surface area contributed by atoms with Crippen molar-refractivity contribution < 1.29 is 19.1 Å². The lowest BCUT2D eigenvalue weighted by atomic mass is 10.0. The minimum atomic E-state index is -0.522. The molecule has 9 nitrogen and oxygen atoms in total. The molecule has 1 saturated heterocycles. The fourth-order valence-electron chi connectivity index (χ4n) is 4.43. The molecule has 9 heteroatoms. The molecule has 1 aromatic rings. The van der Waals surface area contributed by atoms with Gasteiger partial charge in [0.1, 0.15) is 17.1 Å². The molecule has 0 radical (unpaired) electrons. The van der Waals surface area contributed by atoms with Crippen molar-refractivity contribution in [3.63, 3.8) is 0 Å². The summed E-state index contributed by atoms with van der Waals surface area (Å²) >= 11 is 0. The molecule has 4 rings (SSSR count). The normalized spacial score (nSPS) is 20.2. The van der Waals surface area contributed by atoms with Gasteiger partial charge in [-0.15, -0.1) is 0 Å². The zero-order valence-corrected chi connectivity index (χ0v) is 21.5. The van der Waals surface area contributed by atoms with E-state index < -0.39 is 5.60 Å². The van der Waals surface area contributed by atoms with Gasteiger partial charge in [0.05, 0.1) is 30.8 Å². The van der Waals surface area contributed by atoms with Crippen LogP contribution in [0.4, 0.5) is 10.6 Å². The molecule has 1 atom stereocenters.